The van der Waals surface area contributed by atoms with Gasteiger partial charge in [-0.2, -0.15) is 0 Å². The van der Waals surface area contributed by atoms with Gasteiger partial charge in [0.2, 0.25) is 5.91 Å². The SMILES string of the molecule is CC(=O)NCC1CNC(=O)c2ccccc21. The molecule has 0 aromatic heterocycles. The molecule has 1 unspecified atom stereocenters. The number of amides is 2. The van der Waals surface area contributed by atoms with Crippen molar-refractivity contribution in [3.8, 4) is 0 Å². The van der Waals surface area contributed by atoms with Gasteiger partial charge in [-0.25, -0.2) is 0 Å². The number of fused-ring (bicyclic) bond motifs is 1. The molecule has 1 aromatic carbocycles. The summed E-state index contributed by atoms with van der Waals surface area (Å²) < 4.78 is 0. The number of carbonyl (C=O) groups is 2. The minimum atomic E-state index is -0.0469. The van der Waals surface area contributed by atoms with Crippen LogP contribution in [0.25, 0.3) is 0 Å². The molecule has 2 amide bonds. The van der Waals surface area contributed by atoms with Crippen molar-refractivity contribution in [2.75, 3.05) is 13.1 Å². The maximum Gasteiger partial charge on any atom is 0.251 e. The number of carbonyl (C=O) groups excluding carboxylic acids is 2. The standard InChI is InChI=1S/C12H14N2O2/c1-8(15)13-6-9-7-14-12(16)11-5-3-2-4-10(9)11/h2-5,9H,6-7H2,1H3,(H,13,15)(H,14,16). The van der Waals surface area contributed by atoms with Gasteiger partial charge < -0.3 is 10.6 Å². The Kier molecular flexibility index (Phi) is 2.90. The fraction of sp³-hybridized carbons (Fsp3) is 0.333. The summed E-state index contributed by atoms with van der Waals surface area (Å²) in [6.45, 7) is 2.63. The summed E-state index contributed by atoms with van der Waals surface area (Å²) in [7, 11) is 0. The van der Waals surface area contributed by atoms with Gasteiger partial charge in [-0.15, -0.1) is 0 Å². The molecule has 0 aliphatic carbocycles. The van der Waals surface area contributed by atoms with Gasteiger partial charge >= 0.3 is 0 Å². The molecule has 1 aliphatic rings. The Morgan fingerprint density at radius 1 is 1.50 bits per heavy atom. The third-order valence-corrected chi connectivity index (χ3v) is 2.75. The Balaban J connectivity index is 2.21. The Bertz CT molecular complexity index is 429. The summed E-state index contributed by atoms with van der Waals surface area (Å²) >= 11 is 0. The quantitative estimate of drug-likeness (QED) is 0.765. The second-order valence-corrected chi connectivity index (χ2v) is 3.93. The number of hydrogen-bond acceptors (Lipinski definition) is 2. The molecule has 4 heteroatoms. The Hall–Kier alpha value is -1.84. The molecular weight excluding hydrogens is 204 g/mol. The van der Waals surface area contributed by atoms with Crippen molar-refractivity contribution in [1.82, 2.24) is 10.6 Å². The summed E-state index contributed by atoms with van der Waals surface area (Å²) in [6, 6.07) is 7.52. The molecule has 2 N–H and O–H groups in total. The Labute approximate surface area is 94.0 Å². The summed E-state index contributed by atoms with van der Waals surface area (Å²) in [6.07, 6.45) is 0. The third kappa shape index (κ3) is 2.05. The highest BCUT2D eigenvalue weighted by Crippen LogP contribution is 2.22. The van der Waals surface area contributed by atoms with E-state index in [0.29, 0.717) is 18.7 Å². The Morgan fingerprint density at radius 2 is 2.25 bits per heavy atom. The number of nitrogens with one attached hydrogen (secondary N) is 2. The predicted octanol–water partition coefficient (Wildman–Crippen LogP) is 0.650. The van der Waals surface area contributed by atoms with Gasteiger partial charge in [0, 0.05) is 31.5 Å². The lowest BCUT2D eigenvalue weighted by Gasteiger charge is -2.25. The highest BCUT2D eigenvalue weighted by molar-refractivity contribution is 5.97. The minimum absolute atomic E-state index is 0.0327. The van der Waals surface area contributed by atoms with Crippen LogP contribution in [0.1, 0.15) is 28.8 Å². The maximum absolute atomic E-state index is 11.6. The zero-order valence-corrected chi connectivity index (χ0v) is 9.12. The zero-order chi connectivity index (χ0) is 11.5. The molecule has 0 fully saturated rings. The fourth-order valence-corrected chi connectivity index (χ4v) is 1.93. The van der Waals surface area contributed by atoms with E-state index >= 15 is 0 Å². The van der Waals surface area contributed by atoms with Gasteiger partial charge in [-0.3, -0.25) is 9.59 Å². The number of hydrogen-bond donors (Lipinski definition) is 2. The van der Waals surface area contributed by atoms with Gasteiger partial charge in [-0.05, 0) is 11.6 Å². The molecule has 0 saturated carbocycles. The van der Waals surface area contributed by atoms with Gasteiger partial charge in [0.05, 0.1) is 0 Å². The molecule has 1 atom stereocenters. The van der Waals surface area contributed by atoms with Crippen LogP contribution in [0.4, 0.5) is 0 Å². The molecule has 1 aromatic rings. The lowest BCUT2D eigenvalue weighted by Crippen LogP contribution is -2.39. The van der Waals surface area contributed by atoms with Gasteiger partial charge in [0.1, 0.15) is 0 Å². The summed E-state index contributed by atoms with van der Waals surface area (Å²) in [4.78, 5) is 22.4. The largest absolute Gasteiger partial charge is 0.356 e. The van der Waals surface area contributed by atoms with Crippen LogP contribution in [-0.4, -0.2) is 24.9 Å². The van der Waals surface area contributed by atoms with E-state index in [1.54, 1.807) is 0 Å². The highest BCUT2D eigenvalue weighted by Gasteiger charge is 2.24. The van der Waals surface area contributed by atoms with E-state index in [-0.39, 0.29) is 17.7 Å². The lowest BCUT2D eigenvalue weighted by molar-refractivity contribution is -0.119. The van der Waals surface area contributed by atoms with Crippen LogP contribution in [-0.2, 0) is 4.79 Å². The average Bonchev–Trinajstić information content (AvgIpc) is 2.28. The van der Waals surface area contributed by atoms with Gasteiger partial charge in [0.25, 0.3) is 5.91 Å². The highest BCUT2D eigenvalue weighted by atomic mass is 16.2. The minimum Gasteiger partial charge on any atom is -0.356 e. The van der Waals surface area contributed by atoms with Crippen molar-refractivity contribution in [1.29, 1.82) is 0 Å². The number of benzene rings is 1. The van der Waals surface area contributed by atoms with Crippen LogP contribution < -0.4 is 10.6 Å². The smallest absolute Gasteiger partial charge is 0.251 e. The first-order chi connectivity index (χ1) is 7.68. The molecule has 0 radical (unpaired) electrons. The molecule has 2 rings (SSSR count). The van der Waals surface area contributed by atoms with Crippen molar-refractivity contribution in [3.63, 3.8) is 0 Å². The van der Waals surface area contributed by atoms with Crippen molar-refractivity contribution in [3.05, 3.63) is 35.4 Å². The molecule has 0 spiro atoms. The van der Waals surface area contributed by atoms with Crippen LogP contribution in [0.2, 0.25) is 0 Å². The Morgan fingerprint density at radius 3 is 3.00 bits per heavy atom. The molecule has 4 nitrogen and oxygen atoms in total. The van der Waals surface area contributed by atoms with Crippen LogP contribution >= 0.6 is 0 Å². The summed E-state index contributed by atoms with van der Waals surface area (Å²) in [5, 5.41) is 5.60. The molecule has 0 bridgehead atoms. The van der Waals surface area contributed by atoms with E-state index in [0.717, 1.165) is 5.56 Å². The monoisotopic (exact) mass is 218 g/mol. The van der Waals surface area contributed by atoms with E-state index in [4.69, 9.17) is 0 Å². The van der Waals surface area contributed by atoms with E-state index in [1.807, 2.05) is 24.3 Å². The predicted molar refractivity (Wildman–Crippen MR) is 60.2 cm³/mol. The zero-order valence-electron chi connectivity index (χ0n) is 9.12. The van der Waals surface area contributed by atoms with Crippen molar-refractivity contribution >= 4 is 11.8 Å². The van der Waals surface area contributed by atoms with E-state index in [2.05, 4.69) is 10.6 Å². The second kappa shape index (κ2) is 4.35. The first-order valence-corrected chi connectivity index (χ1v) is 5.30. The average molecular weight is 218 g/mol. The lowest BCUT2D eigenvalue weighted by atomic mass is 9.90. The van der Waals surface area contributed by atoms with Gasteiger partial charge in [-0.1, -0.05) is 18.2 Å². The fourth-order valence-electron chi connectivity index (χ4n) is 1.93. The molecule has 0 saturated heterocycles. The molecular formula is C12H14N2O2. The molecule has 1 heterocycles. The van der Waals surface area contributed by atoms with Crippen LogP contribution in [0.5, 0.6) is 0 Å². The van der Waals surface area contributed by atoms with Gasteiger partial charge in [0.15, 0.2) is 0 Å². The second-order valence-electron chi connectivity index (χ2n) is 3.93. The molecule has 1 aliphatic heterocycles. The van der Waals surface area contributed by atoms with E-state index in [9.17, 15) is 9.59 Å². The first kappa shape index (κ1) is 10.7. The van der Waals surface area contributed by atoms with E-state index < -0.39 is 0 Å². The van der Waals surface area contributed by atoms with Crippen LogP contribution in [0.15, 0.2) is 24.3 Å². The maximum atomic E-state index is 11.6. The summed E-state index contributed by atoms with van der Waals surface area (Å²) in [5.41, 5.74) is 1.73. The van der Waals surface area contributed by atoms with Crippen LogP contribution in [0, 0.1) is 0 Å². The van der Waals surface area contributed by atoms with E-state index in [1.165, 1.54) is 6.92 Å². The summed E-state index contributed by atoms with van der Waals surface area (Å²) in [5.74, 6) is 0.0851. The molecule has 84 valence electrons. The third-order valence-electron chi connectivity index (χ3n) is 2.75. The van der Waals surface area contributed by atoms with Crippen molar-refractivity contribution in [2.45, 2.75) is 12.8 Å². The van der Waals surface area contributed by atoms with Crippen molar-refractivity contribution < 1.29 is 9.59 Å². The number of rotatable bonds is 2. The normalized spacial score (nSPS) is 18.6. The first-order valence-electron chi connectivity index (χ1n) is 5.30. The van der Waals surface area contributed by atoms with Crippen LogP contribution in [0.3, 0.4) is 0 Å². The topological polar surface area (TPSA) is 58.2 Å². The molecule has 16 heavy (non-hydrogen) atoms. The van der Waals surface area contributed by atoms with Crippen molar-refractivity contribution in [2.24, 2.45) is 0 Å².